The van der Waals surface area contributed by atoms with Crippen molar-refractivity contribution < 1.29 is 23.5 Å². The summed E-state index contributed by atoms with van der Waals surface area (Å²) < 4.78 is 25.2. The fraction of sp³-hybridized carbons (Fsp3) is 0.167. The van der Waals surface area contributed by atoms with Gasteiger partial charge in [-0.15, -0.1) is 11.3 Å². The Kier molecular flexibility index (Phi) is 5.49. The number of carbonyl (C=O) groups excluding carboxylic acids is 2. The zero-order chi connectivity index (χ0) is 18.7. The topological polar surface area (TPSA) is 65.5 Å². The first kappa shape index (κ1) is 18.3. The van der Waals surface area contributed by atoms with Crippen LogP contribution < -0.4 is 0 Å². The fourth-order valence-corrected chi connectivity index (χ4v) is 3.73. The largest absolute Gasteiger partial charge is 0.462 e. The first-order chi connectivity index (χ1) is 12.5. The number of hydrogen-bond donors (Lipinski definition) is 0. The lowest BCUT2D eigenvalue weighted by molar-refractivity contribution is 0.0454. The van der Waals surface area contributed by atoms with Crippen LogP contribution in [0.3, 0.4) is 0 Å². The van der Waals surface area contributed by atoms with E-state index in [-0.39, 0.29) is 39.8 Å². The van der Waals surface area contributed by atoms with Gasteiger partial charge in [0.15, 0.2) is 0 Å². The van der Waals surface area contributed by atoms with Crippen molar-refractivity contribution in [1.29, 1.82) is 0 Å². The summed E-state index contributed by atoms with van der Waals surface area (Å²) >= 11 is 6.97. The number of halogens is 2. The highest BCUT2D eigenvalue weighted by Gasteiger charge is 2.23. The van der Waals surface area contributed by atoms with Gasteiger partial charge < -0.3 is 9.47 Å². The monoisotopic (exact) mass is 393 g/mol. The molecule has 3 rings (SSSR count). The van der Waals surface area contributed by atoms with Gasteiger partial charge in [0.25, 0.3) is 0 Å². The van der Waals surface area contributed by atoms with Gasteiger partial charge in [0, 0.05) is 21.8 Å². The van der Waals surface area contributed by atoms with Gasteiger partial charge in [0.1, 0.15) is 22.5 Å². The van der Waals surface area contributed by atoms with E-state index in [2.05, 4.69) is 4.98 Å². The smallest absolute Gasteiger partial charge is 0.348 e. The summed E-state index contributed by atoms with van der Waals surface area (Å²) in [5.74, 6) is -1.80. The minimum absolute atomic E-state index is 0.00414. The fourth-order valence-electron chi connectivity index (χ4n) is 2.42. The SMILES string of the molecule is CCOC(=O)c1sc2cccc(F)c2c1COC(=O)c1cccnc1Cl. The van der Waals surface area contributed by atoms with E-state index in [1.807, 2.05) is 0 Å². The molecule has 3 aromatic rings. The Hall–Kier alpha value is -2.51. The third-order valence-electron chi connectivity index (χ3n) is 3.55. The summed E-state index contributed by atoms with van der Waals surface area (Å²) in [6, 6.07) is 7.54. The van der Waals surface area contributed by atoms with Gasteiger partial charge in [0.2, 0.25) is 0 Å². The summed E-state index contributed by atoms with van der Waals surface area (Å²) in [4.78, 5) is 28.5. The van der Waals surface area contributed by atoms with Gasteiger partial charge in [-0.2, -0.15) is 0 Å². The van der Waals surface area contributed by atoms with Gasteiger partial charge in [-0.1, -0.05) is 17.7 Å². The van der Waals surface area contributed by atoms with Gasteiger partial charge in [-0.3, -0.25) is 0 Å². The molecule has 2 heterocycles. The number of carbonyl (C=O) groups is 2. The first-order valence-electron chi connectivity index (χ1n) is 7.67. The quantitative estimate of drug-likeness (QED) is 0.467. The third kappa shape index (κ3) is 3.54. The number of nitrogens with zero attached hydrogens (tertiary/aromatic N) is 1. The van der Waals surface area contributed by atoms with Crippen molar-refractivity contribution in [2.75, 3.05) is 6.61 Å². The molecule has 5 nitrogen and oxygen atoms in total. The summed E-state index contributed by atoms with van der Waals surface area (Å²) in [5.41, 5.74) is 0.363. The molecule has 0 atom stereocenters. The number of fused-ring (bicyclic) bond motifs is 1. The van der Waals surface area contributed by atoms with Gasteiger partial charge in [-0.25, -0.2) is 19.0 Å². The molecule has 0 amide bonds. The van der Waals surface area contributed by atoms with Crippen LogP contribution in [-0.2, 0) is 16.1 Å². The lowest BCUT2D eigenvalue weighted by Gasteiger charge is -2.08. The molecule has 0 saturated carbocycles. The number of benzene rings is 1. The molecule has 0 saturated heterocycles. The van der Waals surface area contributed by atoms with E-state index in [1.54, 1.807) is 25.1 Å². The molecule has 1 aromatic carbocycles. The van der Waals surface area contributed by atoms with E-state index in [0.29, 0.717) is 4.70 Å². The van der Waals surface area contributed by atoms with Crippen molar-refractivity contribution in [2.24, 2.45) is 0 Å². The van der Waals surface area contributed by atoms with Crippen LogP contribution in [-0.4, -0.2) is 23.5 Å². The maximum absolute atomic E-state index is 14.3. The van der Waals surface area contributed by atoms with E-state index in [0.717, 1.165) is 11.3 Å². The van der Waals surface area contributed by atoms with E-state index in [4.69, 9.17) is 21.1 Å². The lowest BCUT2D eigenvalue weighted by Crippen LogP contribution is -2.10. The molecular weight excluding hydrogens is 381 g/mol. The molecule has 8 heteroatoms. The zero-order valence-corrected chi connectivity index (χ0v) is 15.2. The Morgan fingerprint density at radius 2 is 2.00 bits per heavy atom. The summed E-state index contributed by atoms with van der Waals surface area (Å²) in [6.45, 7) is 1.56. The molecule has 0 radical (unpaired) electrons. The van der Waals surface area contributed by atoms with E-state index < -0.39 is 17.8 Å². The van der Waals surface area contributed by atoms with Gasteiger partial charge in [0.05, 0.1) is 12.2 Å². The number of hydrogen-bond acceptors (Lipinski definition) is 6. The maximum atomic E-state index is 14.3. The molecule has 0 aliphatic carbocycles. The predicted octanol–water partition coefficient (Wildman–Crippen LogP) is 4.62. The van der Waals surface area contributed by atoms with Gasteiger partial charge >= 0.3 is 11.9 Å². The molecule has 134 valence electrons. The summed E-state index contributed by atoms with van der Waals surface area (Å²) in [5, 5.41) is 0.245. The Morgan fingerprint density at radius 1 is 1.19 bits per heavy atom. The van der Waals surface area contributed by atoms with Crippen LogP contribution in [0.15, 0.2) is 36.5 Å². The number of thiophene rings is 1. The average molecular weight is 394 g/mol. The van der Waals surface area contributed by atoms with Crippen molar-refractivity contribution in [3.8, 4) is 0 Å². The maximum Gasteiger partial charge on any atom is 0.348 e. The normalized spacial score (nSPS) is 10.7. The van der Waals surface area contributed by atoms with E-state index in [9.17, 15) is 14.0 Å². The third-order valence-corrected chi connectivity index (χ3v) is 5.03. The van der Waals surface area contributed by atoms with Crippen molar-refractivity contribution in [2.45, 2.75) is 13.5 Å². The highest BCUT2D eigenvalue weighted by atomic mass is 35.5. The van der Waals surface area contributed by atoms with Crippen LogP contribution in [0.1, 0.15) is 32.5 Å². The molecular formula is C18H13ClFNO4S. The molecule has 0 unspecified atom stereocenters. The van der Waals surface area contributed by atoms with Crippen LogP contribution in [0.5, 0.6) is 0 Å². The number of aromatic nitrogens is 1. The minimum Gasteiger partial charge on any atom is -0.462 e. The summed E-state index contributed by atoms with van der Waals surface area (Å²) in [6.07, 6.45) is 1.44. The van der Waals surface area contributed by atoms with Crippen LogP contribution in [0.25, 0.3) is 10.1 Å². The molecule has 2 aromatic heterocycles. The lowest BCUT2D eigenvalue weighted by atomic mass is 10.1. The first-order valence-corrected chi connectivity index (χ1v) is 8.87. The molecule has 26 heavy (non-hydrogen) atoms. The molecule has 0 aliphatic rings. The highest BCUT2D eigenvalue weighted by molar-refractivity contribution is 7.21. The van der Waals surface area contributed by atoms with Crippen molar-refractivity contribution in [1.82, 2.24) is 4.98 Å². The Labute approximate surface area is 157 Å². The van der Waals surface area contributed by atoms with E-state index in [1.165, 1.54) is 18.3 Å². The Balaban J connectivity index is 1.95. The standard InChI is InChI=1S/C18H13ClFNO4S/c1-2-24-18(23)15-11(14-12(20)6-3-7-13(14)26-15)9-25-17(22)10-5-4-8-21-16(10)19/h3-8H,2,9H2,1H3. The Bertz CT molecular complexity index is 988. The van der Waals surface area contributed by atoms with Crippen LogP contribution in [0, 0.1) is 5.82 Å². The van der Waals surface area contributed by atoms with E-state index >= 15 is 0 Å². The van der Waals surface area contributed by atoms with Gasteiger partial charge in [-0.05, 0) is 31.2 Å². The average Bonchev–Trinajstić information content (AvgIpc) is 3.00. The number of rotatable bonds is 5. The van der Waals surface area contributed by atoms with Crippen LogP contribution in [0.2, 0.25) is 5.15 Å². The second kappa shape index (κ2) is 7.80. The van der Waals surface area contributed by atoms with Crippen molar-refractivity contribution >= 4 is 45.0 Å². The van der Waals surface area contributed by atoms with Crippen molar-refractivity contribution in [3.05, 3.63) is 63.5 Å². The molecule has 0 N–H and O–H groups in total. The molecule has 0 fully saturated rings. The molecule has 0 spiro atoms. The second-order valence-electron chi connectivity index (χ2n) is 5.16. The van der Waals surface area contributed by atoms with Crippen LogP contribution in [0.4, 0.5) is 4.39 Å². The highest BCUT2D eigenvalue weighted by Crippen LogP contribution is 2.34. The van der Waals surface area contributed by atoms with Crippen molar-refractivity contribution in [3.63, 3.8) is 0 Å². The molecule has 0 aliphatic heterocycles. The Morgan fingerprint density at radius 3 is 2.73 bits per heavy atom. The predicted molar refractivity (Wildman–Crippen MR) is 96.1 cm³/mol. The van der Waals surface area contributed by atoms with Crippen LogP contribution >= 0.6 is 22.9 Å². The zero-order valence-electron chi connectivity index (χ0n) is 13.6. The number of ether oxygens (including phenoxy) is 2. The number of pyridine rings is 1. The number of esters is 2. The summed E-state index contributed by atoms with van der Waals surface area (Å²) in [7, 11) is 0. The second-order valence-corrected chi connectivity index (χ2v) is 6.57. The molecule has 0 bridgehead atoms. The minimum atomic E-state index is -0.714.